The van der Waals surface area contributed by atoms with Gasteiger partial charge in [0.2, 0.25) is 0 Å². The van der Waals surface area contributed by atoms with Gasteiger partial charge in [-0.25, -0.2) is 22.9 Å². The highest BCUT2D eigenvalue weighted by molar-refractivity contribution is 8.01. The minimum absolute atomic E-state index is 0.0171. The van der Waals surface area contributed by atoms with Crippen molar-refractivity contribution in [2.24, 2.45) is 0 Å². The maximum absolute atomic E-state index is 14.4. The Hall–Kier alpha value is -3.04. The molecule has 0 unspecified atom stereocenters. The van der Waals surface area contributed by atoms with E-state index in [9.17, 15) is 13.6 Å². The van der Waals surface area contributed by atoms with Gasteiger partial charge in [-0.15, -0.1) is 0 Å². The Morgan fingerprint density at radius 2 is 1.90 bits per heavy atom. The van der Waals surface area contributed by atoms with E-state index in [1.165, 1.54) is 41.6 Å². The van der Waals surface area contributed by atoms with Crippen LogP contribution in [0.4, 0.5) is 25.0 Å². The van der Waals surface area contributed by atoms with E-state index < -0.39 is 17.7 Å². The molecule has 31 heavy (non-hydrogen) atoms. The van der Waals surface area contributed by atoms with Crippen molar-refractivity contribution in [3.63, 3.8) is 0 Å². The lowest BCUT2D eigenvalue weighted by molar-refractivity contribution is 0.254. The second-order valence-corrected chi connectivity index (χ2v) is 7.87. The summed E-state index contributed by atoms with van der Waals surface area (Å²) < 4.78 is 39.8. The molecule has 2 aromatic carbocycles. The van der Waals surface area contributed by atoms with E-state index in [0.29, 0.717) is 17.1 Å². The Bertz CT molecular complexity index is 1140. The molecule has 0 N–H and O–H groups in total. The summed E-state index contributed by atoms with van der Waals surface area (Å²) in [5.74, 6) is -0.984. The number of fused-ring (bicyclic) bond motifs is 1. The van der Waals surface area contributed by atoms with E-state index in [-0.39, 0.29) is 23.0 Å². The average molecular weight is 464 g/mol. The Labute approximate surface area is 186 Å². The van der Waals surface area contributed by atoms with Crippen LogP contribution < -0.4 is 18.7 Å². The highest BCUT2D eigenvalue weighted by Gasteiger charge is 2.34. The Kier molecular flexibility index (Phi) is 5.88. The number of rotatable bonds is 5. The SMILES string of the molecule is COc1cc(N2Sc3ccccc3N(Cc3c(F)cc(F)cc3Cl)C2=O)cnc1OC. The first-order chi connectivity index (χ1) is 14.9. The number of carbonyl (C=O) groups excluding carboxylic acids is 1. The van der Waals surface area contributed by atoms with Gasteiger partial charge in [0.1, 0.15) is 11.6 Å². The summed E-state index contributed by atoms with van der Waals surface area (Å²) in [6, 6.07) is 10.1. The lowest BCUT2D eigenvalue weighted by atomic mass is 10.1. The smallest absolute Gasteiger partial charge is 0.339 e. The maximum atomic E-state index is 14.4. The molecule has 1 aliphatic heterocycles. The second-order valence-electron chi connectivity index (χ2n) is 6.48. The summed E-state index contributed by atoms with van der Waals surface area (Å²) in [5, 5.41) is -0.0969. The zero-order chi connectivity index (χ0) is 22.1. The molecule has 2 heterocycles. The third-order valence-corrected chi connectivity index (χ3v) is 6.05. The number of urea groups is 1. The first-order valence-corrected chi connectivity index (χ1v) is 10.2. The minimum atomic E-state index is -0.826. The molecule has 0 saturated heterocycles. The van der Waals surface area contributed by atoms with Crippen molar-refractivity contribution < 1.29 is 23.0 Å². The Morgan fingerprint density at radius 1 is 1.13 bits per heavy atom. The summed E-state index contributed by atoms with van der Waals surface area (Å²) in [6.07, 6.45) is 1.48. The quantitative estimate of drug-likeness (QED) is 0.455. The first-order valence-electron chi connectivity index (χ1n) is 9.03. The fraction of sp³-hybridized carbons (Fsp3) is 0.143. The Balaban J connectivity index is 1.77. The number of aromatic nitrogens is 1. The van der Waals surface area contributed by atoms with E-state index in [1.807, 2.05) is 12.1 Å². The molecule has 1 aromatic heterocycles. The van der Waals surface area contributed by atoms with E-state index in [2.05, 4.69) is 4.98 Å². The van der Waals surface area contributed by atoms with Gasteiger partial charge < -0.3 is 9.47 Å². The lowest BCUT2D eigenvalue weighted by Crippen LogP contribution is -2.43. The predicted molar refractivity (Wildman–Crippen MR) is 115 cm³/mol. The van der Waals surface area contributed by atoms with Gasteiger partial charge in [-0.2, -0.15) is 0 Å². The van der Waals surface area contributed by atoms with Crippen LogP contribution in [0.2, 0.25) is 5.02 Å². The largest absolute Gasteiger partial charge is 0.491 e. The van der Waals surface area contributed by atoms with Gasteiger partial charge in [-0.3, -0.25) is 4.90 Å². The van der Waals surface area contributed by atoms with Gasteiger partial charge in [0.25, 0.3) is 5.88 Å². The number of ether oxygens (including phenoxy) is 2. The molecule has 1 aliphatic rings. The normalized spacial score (nSPS) is 13.3. The number of anilines is 2. The number of carbonyl (C=O) groups is 1. The first kappa shape index (κ1) is 21.2. The zero-order valence-corrected chi connectivity index (χ0v) is 18.0. The van der Waals surface area contributed by atoms with Crippen LogP contribution in [0.3, 0.4) is 0 Å². The maximum Gasteiger partial charge on any atom is 0.339 e. The molecule has 0 atom stereocenters. The van der Waals surface area contributed by atoms with Crippen LogP contribution in [0.5, 0.6) is 11.6 Å². The van der Waals surface area contributed by atoms with E-state index in [0.717, 1.165) is 17.0 Å². The van der Waals surface area contributed by atoms with Crippen LogP contribution >= 0.6 is 23.5 Å². The van der Waals surface area contributed by atoms with E-state index in [4.69, 9.17) is 21.1 Å². The standard InChI is InChI=1S/C21H16ClF2N3O3S/c1-29-18-9-13(10-25-20(18)30-2)27-21(28)26(17-5-3-4-6-19(17)31-27)11-14-15(22)7-12(23)8-16(14)24/h3-10H,11H2,1-2H3. The van der Waals surface area contributed by atoms with Crippen LogP contribution in [-0.4, -0.2) is 25.2 Å². The molecule has 0 spiro atoms. The summed E-state index contributed by atoms with van der Waals surface area (Å²) in [5.41, 5.74) is 1.04. The third-order valence-electron chi connectivity index (χ3n) is 4.62. The molecule has 0 saturated carbocycles. The van der Waals surface area contributed by atoms with Crippen LogP contribution in [-0.2, 0) is 6.54 Å². The van der Waals surface area contributed by atoms with Gasteiger partial charge in [-0.1, -0.05) is 23.7 Å². The third kappa shape index (κ3) is 3.98. The molecule has 10 heteroatoms. The number of pyridine rings is 1. The van der Waals surface area contributed by atoms with Crippen molar-refractivity contribution in [1.29, 1.82) is 0 Å². The second kappa shape index (κ2) is 8.60. The molecule has 4 rings (SSSR count). The van der Waals surface area contributed by atoms with Crippen molar-refractivity contribution in [2.75, 3.05) is 23.4 Å². The molecular weight excluding hydrogens is 448 g/mol. The molecule has 0 radical (unpaired) electrons. The fourth-order valence-corrected chi connectivity index (χ4v) is 4.38. The summed E-state index contributed by atoms with van der Waals surface area (Å²) in [7, 11) is 2.93. The number of hydrogen-bond acceptors (Lipinski definition) is 5. The molecular formula is C21H16ClF2N3O3S. The average Bonchev–Trinajstić information content (AvgIpc) is 2.76. The van der Waals surface area contributed by atoms with Gasteiger partial charge in [-0.05, 0) is 30.1 Å². The number of nitrogens with zero attached hydrogens (tertiary/aromatic N) is 3. The van der Waals surface area contributed by atoms with Crippen molar-refractivity contribution in [2.45, 2.75) is 11.4 Å². The van der Waals surface area contributed by atoms with Crippen molar-refractivity contribution in [3.8, 4) is 11.6 Å². The highest BCUT2D eigenvalue weighted by atomic mass is 35.5. The van der Waals surface area contributed by atoms with Crippen LogP contribution in [0, 0.1) is 11.6 Å². The van der Waals surface area contributed by atoms with Gasteiger partial charge >= 0.3 is 6.03 Å². The van der Waals surface area contributed by atoms with E-state index >= 15 is 0 Å². The number of amides is 2. The molecule has 2 amide bonds. The molecule has 0 aliphatic carbocycles. The minimum Gasteiger partial charge on any atom is -0.491 e. The van der Waals surface area contributed by atoms with Crippen LogP contribution in [0.25, 0.3) is 0 Å². The fourth-order valence-electron chi connectivity index (χ4n) is 3.14. The lowest BCUT2D eigenvalue weighted by Gasteiger charge is -2.36. The van der Waals surface area contributed by atoms with Crippen molar-refractivity contribution >= 4 is 41.0 Å². The number of hydrogen-bond donors (Lipinski definition) is 0. The molecule has 3 aromatic rings. The summed E-state index contributed by atoms with van der Waals surface area (Å²) in [4.78, 5) is 19.8. The number of methoxy groups -OCH3 is 2. The summed E-state index contributed by atoms with van der Waals surface area (Å²) in [6.45, 7) is -0.182. The van der Waals surface area contributed by atoms with Gasteiger partial charge in [0.05, 0.1) is 48.3 Å². The van der Waals surface area contributed by atoms with E-state index in [1.54, 1.807) is 18.2 Å². The van der Waals surface area contributed by atoms with Crippen molar-refractivity contribution in [1.82, 2.24) is 4.98 Å². The van der Waals surface area contributed by atoms with Gasteiger partial charge in [0, 0.05) is 17.7 Å². The number of halogens is 3. The molecule has 160 valence electrons. The predicted octanol–water partition coefficient (Wildman–Crippen LogP) is 5.68. The number of benzene rings is 2. The molecule has 0 fully saturated rings. The molecule has 6 nitrogen and oxygen atoms in total. The number of para-hydroxylation sites is 1. The summed E-state index contributed by atoms with van der Waals surface area (Å²) >= 11 is 7.27. The zero-order valence-electron chi connectivity index (χ0n) is 16.4. The van der Waals surface area contributed by atoms with Crippen LogP contribution in [0.1, 0.15) is 5.56 Å². The topological polar surface area (TPSA) is 54.9 Å². The van der Waals surface area contributed by atoms with Crippen LogP contribution in [0.15, 0.2) is 53.6 Å². The highest BCUT2D eigenvalue weighted by Crippen LogP contribution is 2.43. The Morgan fingerprint density at radius 3 is 2.61 bits per heavy atom. The molecule has 0 bridgehead atoms. The monoisotopic (exact) mass is 463 g/mol. The van der Waals surface area contributed by atoms with Gasteiger partial charge in [0.15, 0.2) is 5.75 Å². The van der Waals surface area contributed by atoms with Crippen molar-refractivity contribution in [3.05, 3.63) is 70.9 Å².